The maximum Gasteiger partial charge on any atom is 0.139 e. The molecular weight excluding hydrogens is 176 g/mol. The molecular formula is C12H20O2. The van der Waals surface area contributed by atoms with Crippen molar-refractivity contribution in [2.75, 3.05) is 0 Å². The van der Waals surface area contributed by atoms with Gasteiger partial charge in [-0.2, -0.15) is 0 Å². The highest BCUT2D eigenvalue weighted by Crippen LogP contribution is 2.52. The fourth-order valence-corrected chi connectivity index (χ4v) is 3.71. The molecule has 3 atom stereocenters. The molecule has 0 aromatic rings. The van der Waals surface area contributed by atoms with Crippen molar-refractivity contribution in [1.82, 2.24) is 0 Å². The summed E-state index contributed by atoms with van der Waals surface area (Å²) in [5, 5.41) is 10.3. The zero-order valence-corrected chi connectivity index (χ0v) is 9.18. The van der Waals surface area contributed by atoms with E-state index in [1.807, 2.05) is 6.92 Å². The van der Waals surface area contributed by atoms with E-state index in [2.05, 4.69) is 6.92 Å². The highest BCUT2D eigenvalue weighted by atomic mass is 16.3. The summed E-state index contributed by atoms with van der Waals surface area (Å²) >= 11 is 0. The van der Waals surface area contributed by atoms with E-state index in [0.717, 1.165) is 32.1 Å². The van der Waals surface area contributed by atoms with Crippen molar-refractivity contribution >= 4 is 5.78 Å². The molecule has 0 bridgehead atoms. The van der Waals surface area contributed by atoms with Crippen LogP contribution in [0.4, 0.5) is 0 Å². The van der Waals surface area contributed by atoms with Crippen molar-refractivity contribution in [3.05, 3.63) is 0 Å². The fourth-order valence-electron chi connectivity index (χ4n) is 3.71. The van der Waals surface area contributed by atoms with E-state index in [-0.39, 0.29) is 11.3 Å². The van der Waals surface area contributed by atoms with Crippen molar-refractivity contribution in [2.24, 2.45) is 11.3 Å². The predicted octanol–water partition coefficient (Wildman–Crippen LogP) is 2.30. The van der Waals surface area contributed by atoms with E-state index in [1.54, 1.807) is 0 Å². The summed E-state index contributed by atoms with van der Waals surface area (Å²) in [6.45, 7) is 4.03. The lowest BCUT2D eigenvalue weighted by molar-refractivity contribution is -0.155. The van der Waals surface area contributed by atoms with Crippen molar-refractivity contribution in [2.45, 2.75) is 58.0 Å². The molecule has 2 aliphatic carbocycles. The topological polar surface area (TPSA) is 37.3 Å². The summed E-state index contributed by atoms with van der Waals surface area (Å²) in [6, 6.07) is 0. The van der Waals surface area contributed by atoms with Crippen LogP contribution >= 0.6 is 0 Å². The molecule has 0 amide bonds. The second kappa shape index (κ2) is 3.06. The number of carbonyl (C=O) groups excluding carboxylic acids is 1. The summed E-state index contributed by atoms with van der Waals surface area (Å²) in [5.74, 6) is 0.195. The van der Waals surface area contributed by atoms with Gasteiger partial charge in [-0.25, -0.2) is 0 Å². The molecule has 0 spiro atoms. The highest BCUT2D eigenvalue weighted by molar-refractivity contribution is 5.83. The summed E-state index contributed by atoms with van der Waals surface area (Å²) in [7, 11) is 0. The number of ketones is 1. The van der Waals surface area contributed by atoms with Gasteiger partial charge in [0.25, 0.3) is 0 Å². The molecule has 14 heavy (non-hydrogen) atoms. The van der Waals surface area contributed by atoms with Gasteiger partial charge in [0.2, 0.25) is 0 Å². The Hall–Kier alpha value is -0.370. The number of fused-ring (bicyclic) bond motifs is 1. The Balaban J connectivity index is 2.33. The smallest absolute Gasteiger partial charge is 0.139 e. The van der Waals surface area contributed by atoms with Crippen molar-refractivity contribution in [3.63, 3.8) is 0 Å². The van der Waals surface area contributed by atoms with Gasteiger partial charge in [-0.3, -0.25) is 4.79 Å². The van der Waals surface area contributed by atoms with Crippen LogP contribution in [-0.4, -0.2) is 16.5 Å². The van der Waals surface area contributed by atoms with E-state index in [1.165, 1.54) is 0 Å². The fraction of sp³-hybridized carbons (Fsp3) is 0.917. The van der Waals surface area contributed by atoms with Gasteiger partial charge >= 0.3 is 0 Å². The largest absolute Gasteiger partial charge is 0.389 e. The molecule has 2 fully saturated rings. The van der Waals surface area contributed by atoms with E-state index >= 15 is 0 Å². The first-order valence-corrected chi connectivity index (χ1v) is 5.71. The number of rotatable bonds is 0. The van der Waals surface area contributed by atoms with Crippen molar-refractivity contribution < 1.29 is 9.90 Å². The highest BCUT2D eigenvalue weighted by Gasteiger charge is 2.52. The number of Topliss-reactive ketones (excluding diaryl/α,β-unsaturated/α-hetero) is 1. The second-order valence-corrected chi connectivity index (χ2v) is 5.62. The van der Waals surface area contributed by atoms with Crippen LogP contribution in [0.3, 0.4) is 0 Å². The zero-order chi connectivity index (χ0) is 10.4. The third-order valence-corrected chi connectivity index (χ3v) is 4.24. The Morgan fingerprint density at radius 3 is 2.50 bits per heavy atom. The normalized spacial score (nSPS) is 48.8. The Morgan fingerprint density at radius 1 is 1.21 bits per heavy atom. The van der Waals surface area contributed by atoms with Crippen LogP contribution in [0.15, 0.2) is 0 Å². The maximum atomic E-state index is 11.9. The molecule has 2 rings (SSSR count). The molecule has 0 radical (unpaired) electrons. The van der Waals surface area contributed by atoms with Crippen LogP contribution < -0.4 is 0 Å². The molecule has 2 saturated carbocycles. The van der Waals surface area contributed by atoms with Gasteiger partial charge in [0.05, 0.1) is 11.5 Å². The Kier molecular flexibility index (Phi) is 2.22. The van der Waals surface area contributed by atoms with E-state index in [0.29, 0.717) is 12.2 Å². The first-order chi connectivity index (χ1) is 6.46. The van der Waals surface area contributed by atoms with Crippen LogP contribution in [0.25, 0.3) is 0 Å². The summed E-state index contributed by atoms with van der Waals surface area (Å²) < 4.78 is 0. The third kappa shape index (κ3) is 1.40. The molecule has 1 unspecified atom stereocenters. The number of carbonyl (C=O) groups is 1. The first kappa shape index (κ1) is 10.2. The molecule has 0 heterocycles. The van der Waals surface area contributed by atoms with Gasteiger partial charge in [-0.1, -0.05) is 13.3 Å². The number of hydrogen-bond donors (Lipinski definition) is 1. The minimum Gasteiger partial charge on any atom is -0.389 e. The molecule has 2 aliphatic rings. The van der Waals surface area contributed by atoms with Gasteiger partial charge < -0.3 is 5.11 Å². The molecule has 0 aliphatic heterocycles. The van der Waals surface area contributed by atoms with Gasteiger partial charge in [0.1, 0.15) is 5.78 Å². The third-order valence-electron chi connectivity index (χ3n) is 4.24. The van der Waals surface area contributed by atoms with Crippen LogP contribution in [0.1, 0.15) is 52.4 Å². The molecule has 2 heteroatoms. The molecule has 0 aromatic carbocycles. The van der Waals surface area contributed by atoms with Crippen molar-refractivity contribution in [1.29, 1.82) is 0 Å². The summed E-state index contributed by atoms with van der Waals surface area (Å²) in [6.07, 6.45) is 5.77. The SMILES string of the molecule is C[C@@]12CCCC(=O)C1[C@](C)(O)CCC2. The maximum absolute atomic E-state index is 11.9. The van der Waals surface area contributed by atoms with E-state index in [9.17, 15) is 9.90 Å². The molecule has 0 saturated heterocycles. The minimum absolute atomic E-state index is 0.0804. The van der Waals surface area contributed by atoms with Crippen LogP contribution in [0.5, 0.6) is 0 Å². The zero-order valence-electron chi connectivity index (χ0n) is 9.18. The second-order valence-electron chi connectivity index (χ2n) is 5.62. The lowest BCUT2D eigenvalue weighted by Crippen LogP contribution is -2.53. The first-order valence-electron chi connectivity index (χ1n) is 5.71. The van der Waals surface area contributed by atoms with Crippen LogP contribution in [0.2, 0.25) is 0 Å². The van der Waals surface area contributed by atoms with Crippen LogP contribution in [-0.2, 0) is 4.79 Å². The molecule has 1 N–H and O–H groups in total. The van der Waals surface area contributed by atoms with E-state index < -0.39 is 5.60 Å². The lowest BCUT2D eigenvalue weighted by atomic mass is 9.55. The quantitative estimate of drug-likeness (QED) is 0.645. The lowest BCUT2D eigenvalue weighted by Gasteiger charge is -2.51. The summed E-state index contributed by atoms with van der Waals surface area (Å²) in [5.41, 5.74) is -0.665. The standard InChI is InChI=1S/C12H20O2/c1-11-6-3-5-9(13)10(11)12(2,14)8-4-7-11/h10,14H,3-8H2,1-2H3/t10?,11-,12+/m0/s1. The van der Waals surface area contributed by atoms with Gasteiger partial charge in [0.15, 0.2) is 0 Å². The molecule has 0 aromatic heterocycles. The minimum atomic E-state index is -0.746. The number of hydrogen-bond acceptors (Lipinski definition) is 2. The molecule has 2 nitrogen and oxygen atoms in total. The van der Waals surface area contributed by atoms with Gasteiger partial charge in [-0.05, 0) is 38.0 Å². The molecule has 80 valence electrons. The Morgan fingerprint density at radius 2 is 1.86 bits per heavy atom. The predicted molar refractivity (Wildman–Crippen MR) is 54.9 cm³/mol. The van der Waals surface area contributed by atoms with Crippen LogP contribution in [0, 0.1) is 11.3 Å². The average molecular weight is 196 g/mol. The van der Waals surface area contributed by atoms with Crippen molar-refractivity contribution in [3.8, 4) is 0 Å². The Bertz CT molecular complexity index is 253. The van der Waals surface area contributed by atoms with Gasteiger partial charge in [-0.15, -0.1) is 0 Å². The average Bonchev–Trinajstić information content (AvgIpc) is 2.00. The van der Waals surface area contributed by atoms with Gasteiger partial charge in [0, 0.05) is 6.42 Å². The number of aliphatic hydroxyl groups is 1. The Labute approximate surface area is 85.7 Å². The monoisotopic (exact) mass is 196 g/mol. The van der Waals surface area contributed by atoms with E-state index in [4.69, 9.17) is 0 Å². The summed E-state index contributed by atoms with van der Waals surface area (Å²) in [4.78, 5) is 11.9.